The van der Waals surface area contributed by atoms with E-state index < -0.39 is 0 Å². The molecule has 0 atom stereocenters. The summed E-state index contributed by atoms with van der Waals surface area (Å²) in [6.45, 7) is 4.55. The lowest BCUT2D eigenvalue weighted by Crippen LogP contribution is -2.22. The van der Waals surface area contributed by atoms with Crippen molar-refractivity contribution in [2.45, 2.75) is 20.4 Å². The van der Waals surface area contributed by atoms with Crippen molar-refractivity contribution >= 4 is 35.6 Å². The largest absolute Gasteiger partial charge is 0.491 e. The van der Waals surface area contributed by atoms with Gasteiger partial charge in [0, 0.05) is 5.69 Å². The number of rotatable bonds is 5. The van der Waals surface area contributed by atoms with Gasteiger partial charge in [-0.3, -0.25) is 0 Å². The van der Waals surface area contributed by atoms with Gasteiger partial charge in [0.15, 0.2) is 17.5 Å². The van der Waals surface area contributed by atoms with E-state index in [0.29, 0.717) is 19.1 Å². The Morgan fingerprint density at radius 3 is 2.70 bits per heavy atom. The first kappa shape index (κ1) is 19.2. The van der Waals surface area contributed by atoms with Crippen LogP contribution in [0.2, 0.25) is 0 Å². The number of aliphatic imine (C=N–C) groups is 1. The summed E-state index contributed by atoms with van der Waals surface area (Å²) in [5, 5.41) is 3.01. The van der Waals surface area contributed by atoms with E-state index >= 15 is 0 Å². The fourth-order valence-corrected chi connectivity index (χ4v) is 2.00. The van der Waals surface area contributed by atoms with Crippen LogP contribution in [0.1, 0.15) is 18.1 Å². The van der Waals surface area contributed by atoms with E-state index in [0.717, 1.165) is 16.8 Å². The second kappa shape index (κ2) is 9.34. The predicted molar refractivity (Wildman–Crippen MR) is 103 cm³/mol. The number of ether oxygens (including phenoxy) is 1. The van der Waals surface area contributed by atoms with E-state index in [1.54, 1.807) is 12.1 Å². The summed E-state index contributed by atoms with van der Waals surface area (Å²) in [4.78, 5) is 4.21. The molecule has 0 aliphatic carbocycles. The minimum atomic E-state index is -0.389. The smallest absolute Gasteiger partial charge is 0.193 e. The maximum atomic E-state index is 13.7. The third-order valence-electron chi connectivity index (χ3n) is 3.02. The van der Waals surface area contributed by atoms with Crippen molar-refractivity contribution in [2.24, 2.45) is 10.7 Å². The molecule has 0 fully saturated rings. The molecule has 0 saturated carbocycles. The second-order valence-corrected chi connectivity index (χ2v) is 4.89. The summed E-state index contributed by atoms with van der Waals surface area (Å²) in [5.41, 5.74) is 8.58. The van der Waals surface area contributed by atoms with Crippen LogP contribution in [0.5, 0.6) is 5.75 Å². The molecule has 0 aromatic heterocycles. The predicted octanol–water partition coefficient (Wildman–Crippen LogP) is 4.08. The minimum absolute atomic E-state index is 0. The van der Waals surface area contributed by atoms with Gasteiger partial charge in [-0.15, -0.1) is 24.0 Å². The average Bonchev–Trinajstić information content (AvgIpc) is 2.48. The van der Waals surface area contributed by atoms with Gasteiger partial charge in [-0.05, 0) is 49.2 Å². The van der Waals surface area contributed by atoms with Gasteiger partial charge in [0.05, 0.1) is 13.2 Å². The molecule has 0 spiro atoms. The Kier molecular flexibility index (Phi) is 7.80. The molecule has 2 aromatic rings. The fourth-order valence-electron chi connectivity index (χ4n) is 2.00. The SMILES string of the molecule is CCOc1ccc(CN=C(N)Nc2cccc(C)c2)cc1F.I. The molecule has 0 amide bonds. The van der Waals surface area contributed by atoms with Crippen LogP contribution in [0.15, 0.2) is 47.5 Å². The lowest BCUT2D eigenvalue weighted by molar-refractivity contribution is 0.321. The van der Waals surface area contributed by atoms with Gasteiger partial charge in [0.1, 0.15) is 0 Å². The third kappa shape index (κ3) is 6.05. The number of benzene rings is 2. The number of aryl methyl sites for hydroxylation is 1. The Labute approximate surface area is 153 Å². The lowest BCUT2D eigenvalue weighted by Gasteiger charge is -2.07. The van der Waals surface area contributed by atoms with Crippen molar-refractivity contribution in [1.29, 1.82) is 0 Å². The molecule has 3 N–H and O–H groups in total. The molecule has 124 valence electrons. The number of nitrogens with one attached hydrogen (secondary N) is 1. The Bertz CT molecular complexity index is 677. The first-order valence-electron chi connectivity index (χ1n) is 7.13. The summed E-state index contributed by atoms with van der Waals surface area (Å²) < 4.78 is 18.9. The summed E-state index contributed by atoms with van der Waals surface area (Å²) in [5.74, 6) is 0.153. The van der Waals surface area contributed by atoms with Crippen molar-refractivity contribution in [3.63, 3.8) is 0 Å². The minimum Gasteiger partial charge on any atom is -0.491 e. The van der Waals surface area contributed by atoms with Crippen molar-refractivity contribution in [1.82, 2.24) is 0 Å². The van der Waals surface area contributed by atoms with Crippen LogP contribution in [0.25, 0.3) is 0 Å². The van der Waals surface area contributed by atoms with Crippen molar-refractivity contribution in [3.8, 4) is 5.75 Å². The zero-order valence-corrected chi connectivity index (χ0v) is 15.5. The van der Waals surface area contributed by atoms with Crippen LogP contribution in [-0.2, 0) is 6.54 Å². The van der Waals surface area contributed by atoms with E-state index in [-0.39, 0.29) is 35.5 Å². The van der Waals surface area contributed by atoms with Crippen LogP contribution < -0.4 is 15.8 Å². The molecule has 6 heteroatoms. The average molecular weight is 429 g/mol. The zero-order chi connectivity index (χ0) is 15.9. The molecule has 0 radical (unpaired) electrons. The van der Waals surface area contributed by atoms with E-state index in [4.69, 9.17) is 10.5 Å². The number of hydrogen-bond acceptors (Lipinski definition) is 2. The van der Waals surface area contributed by atoms with Crippen molar-refractivity contribution < 1.29 is 9.13 Å². The topological polar surface area (TPSA) is 59.6 Å². The Morgan fingerprint density at radius 2 is 2.04 bits per heavy atom. The van der Waals surface area contributed by atoms with Crippen LogP contribution in [0, 0.1) is 12.7 Å². The third-order valence-corrected chi connectivity index (χ3v) is 3.02. The van der Waals surface area contributed by atoms with Crippen LogP contribution >= 0.6 is 24.0 Å². The number of nitrogens with two attached hydrogens (primary N) is 1. The van der Waals surface area contributed by atoms with Crippen molar-refractivity contribution in [3.05, 3.63) is 59.4 Å². The Hall–Kier alpha value is -1.83. The van der Waals surface area contributed by atoms with E-state index in [9.17, 15) is 4.39 Å². The summed E-state index contributed by atoms with van der Waals surface area (Å²) in [7, 11) is 0. The molecular formula is C17H21FIN3O. The van der Waals surface area contributed by atoms with Gasteiger partial charge in [-0.2, -0.15) is 0 Å². The van der Waals surface area contributed by atoms with E-state index in [1.165, 1.54) is 6.07 Å². The normalized spacial score (nSPS) is 10.8. The van der Waals surface area contributed by atoms with Crippen LogP contribution in [0.3, 0.4) is 0 Å². The van der Waals surface area contributed by atoms with Crippen LogP contribution in [0.4, 0.5) is 10.1 Å². The zero-order valence-electron chi connectivity index (χ0n) is 13.2. The van der Waals surface area contributed by atoms with Gasteiger partial charge in [-0.1, -0.05) is 18.2 Å². The van der Waals surface area contributed by atoms with Crippen LogP contribution in [-0.4, -0.2) is 12.6 Å². The number of halogens is 2. The van der Waals surface area contributed by atoms with Gasteiger partial charge < -0.3 is 15.8 Å². The monoisotopic (exact) mass is 429 g/mol. The summed E-state index contributed by atoms with van der Waals surface area (Å²) in [6, 6.07) is 12.6. The second-order valence-electron chi connectivity index (χ2n) is 4.89. The quantitative estimate of drug-likeness (QED) is 0.428. The van der Waals surface area contributed by atoms with E-state index in [2.05, 4.69) is 10.3 Å². The number of nitrogens with zero attached hydrogens (tertiary/aromatic N) is 1. The molecule has 0 saturated heterocycles. The van der Waals surface area contributed by atoms with Crippen molar-refractivity contribution in [2.75, 3.05) is 11.9 Å². The van der Waals surface area contributed by atoms with Gasteiger partial charge >= 0.3 is 0 Å². The molecule has 23 heavy (non-hydrogen) atoms. The number of anilines is 1. The summed E-state index contributed by atoms with van der Waals surface area (Å²) in [6.07, 6.45) is 0. The highest BCUT2D eigenvalue weighted by atomic mass is 127. The maximum absolute atomic E-state index is 13.7. The highest BCUT2D eigenvalue weighted by Crippen LogP contribution is 2.18. The van der Waals surface area contributed by atoms with Gasteiger partial charge in [-0.25, -0.2) is 9.38 Å². The van der Waals surface area contributed by atoms with Gasteiger partial charge in [0.2, 0.25) is 0 Å². The lowest BCUT2D eigenvalue weighted by atomic mass is 10.2. The fraction of sp³-hybridized carbons (Fsp3) is 0.235. The highest BCUT2D eigenvalue weighted by molar-refractivity contribution is 14.0. The molecule has 4 nitrogen and oxygen atoms in total. The highest BCUT2D eigenvalue weighted by Gasteiger charge is 2.04. The Morgan fingerprint density at radius 1 is 1.26 bits per heavy atom. The molecule has 0 unspecified atom stereocenters. The number of guanidine groups is 1. The first-order valence-corrected chi connectivity index (χ1v) is 7.13. The van der Waals surface area contributed by atoms with Gasteiger partial charge in [0.25, 0.3) is 0 Å². The molecule has 2 aromatic carbocycles. The molecular weight excluding hydrogens is 408 g/mol. The first-order chi connectivity index (χ1) is 10.6. The molecule has 0 aliphatic heterocycles. The summed E-state index contributed by atoms with van der Waals surface area (Å²) >= 11 is 0. The standard InChI is InChI=1S/C17H20FN3O.HI/c1-3-22-16-8-7-13(10-15(16)18)11-20-17(19)21-14-6-4-5-12(2)9-14;/h4-10H,3,11H2,1-2H3,(H3,19,20,21);1H. The molecule has 0 heterocycles. The number of hydrogen-bond donors (Lipinski definition) is 2. The molecule has 0 bridgehead atoms. The molecule has 2 rings (SSSR count). The Balaban J connectivity index is 0.00000264. The maximum Gasteiger partial charge on any atom is 0.193 e. The van der Waals surface area contributed by atoms with E-state index in [1.807, 2.05) is 38.1 Å². The molecule has 0 aliphatic rings.